The van der Waals surface area contributed by atoms with Gasteiger partial charge in [0.1, 0.15) is 11.2 Å². The number of rotatable bonds is 1. The molecule has 0 N–H and O–H groups in total. The molecule has 0 unspecified atom stereocenters. The molecule has 64 heavy (non-hydrogen) atoms. The average molecular weight is 843 g/mol. The highest BCUT2D eigenvalue weighted by atomic mass is 32.1. The number of aromatic nitrogens is 1. The molecule has 0 atom stereocenters. The third-order valence-electron chi connectivity index (χ3n) is 15.2. The van der Waals surface area contributed by atoms with Crippen molar-refractivity contribution in [2.75, 3.05) is 4.81 Å². The van der Waals surface area contributed by atoms with Gasteiger partial charge in [-0.3, -0.25) is 0 Å². The number of benzene rings is 8. The summed E-state index contributed by atoms with van der Waals surface area (Å²) in [7, 11) is 0. The highest BCUT2D eigenvalue weighted by molar-refractivity contribution is 7.26. The van der Waals surface area contributed by atoms with Gasteiger partial charge < -0.3 is 13.8 Å². The van der Waals surface area contributed by atoms with Crippen molar-refractivity contribution in [2.24, 2.45) is 0 Å². The Bertz CT molecular complexity index is 3900. The lowest BCUT2D eigenvalue weighted by Gasteiger charge is -2.43. The van der Waals surface area contributed by atoms with Crippen LogP contribution in [-0.4, -0.2) is 11.4 Å². The van der Waals surface area contributed by atoms with Crippen LogP contribution >= 0.6 is 11.3 Å². The number of fused-ring (bicyclic) bond motifs is 19. The van der Waals surface area contributed by atoms with Crippen molar-refractivity contribution in [3.63, 3.8) is 0 Å². The van der Waals surface area contributed by atoms with Gasteiger partial charge >= 0.3 is 6.85 Å². The molecule has 2 aliphatic heterocycles. The summed E-state index contributed by atoms with van der Waals surface area (Å²) in [5.74, 6) is 0. The Balaban J connectivity index is 1.24. The van der Waals surface area contributed by atoms with E-state index in [2.05, 4.69) is 204 Å². The van der Waals surface area contributed by atoms with Gasteiger partial charge in [0.05, 0.1) is 11.0 Å². The van der Waals surface area contributed by atoms with Crippen molar-refractivity contribution in [1.82, 2.24) is 4.57 Å². The molecule has 3 aliphatic rings. The monoisotopic (exact) mass is 842 g/mol. The van der Waals surface area contributed by atoms with E-state index in [1.807, 2.05) is 11.3 Å². The molecular formula is C59H47BN2OS. The number of nitrogens with zero attached hydrogens (tertiary/aromatic N) is 2. The van der Waals surface area contributed by atoms with Crippen molar-refractivity contribution < 1.29 is 4.42 Å². The fourth-order valence-electron chi connectivity index (χ4n) is 12.2. The second-order valence-electron chi connectivity index (χ2n) is 21.3. The molecule has 0 spiro atoms. The maximum absolute atomic E-state index is 6.82. The maximum Gasteiger partial charge on any atom is 0.333 e. The summed E-state index contributed by atoms with van der Waals surface area (Å²) in [6, 6.07) is 53.5. The van der Waals surface area contributed by atoms with Crippen LogP contribution in [0.3, 0.4) is 0 Å². The number of hydrogen-bond donors (Lipinski definition) is 0. The number of thiophene rings is 1. The molecule has 1 aliphatic carbocycles. The largest absolute Gasteiger partial charge is 0.456 e. The molecule has 11 aromatic rings. The maximum atomic E-state index is 6.82. The van der Waals surface area contributed by atoms with Crippen molar-refractivity contribution in [1.29, 1.82) is 0 Å². The summed E-state index contributed by atoms with van der Waals surface area (Å²) in [5, 5.41) is 7.66. The van der Waals surface area contributed by atoms with Crippen LogP contribution in [0.1, 0.15) is 77.6 Å². The fraction of sp³-hybridized carbons (Fsp3) is 0.186. The van der Waals surface area contributed by atoms with Crippen molar-refractivity contribution in [3.8, 4) is 27.9 Å². The van der Waals surface area contributed by atoms with Crippen molar-refractivity contribution >= 4 is 104 Å². The van der Waals surface area contributed by atoms with E-state index in [9.17, 15) is 0 Å². The number of para-hydroxylation sites is 1. The van der Waals surface area contributed by atoms with Gasteiger partial charge in [-0.15, -0.1) is 11.3 Å². The Kier molecular flexibility index (Phi) is 6.89. The van der Waals surface area contributed by atoms with Gasteiger partial charge in [0.2, 0.25) is 0 Å². The van der Waals surface area contributed by atoms with Gasteiger partial charge in [-0.05, 0) is 115 Å². The van der Waals surface area contributed by atoms with Crippen molar-refractivity contribution in [3.05, 3.63) is 162 Å². The summed E-state index contributed by atoms with van der Waals surface area (Å²) in [5.41, 5.74) is 21.3. The summed E-state index contributed by atoms with van der Waals surface area (Å²) in [6.07, 6.45) is 0. The normalized spacial score (nSPS) is 14.9. The van der Waals surface area contributed by atoms with E-state index in [1.165, 1.54) is 114 Å². The molecule has 0 saturated carbocycles. The van der Waals surface area contributed by atoms with Crippen LogP contribution in [0.15, 0.2) is 144 Å². The topological polar surface area (TPSA) is 21.3 Å². The van der Waals surface area contributed by atoms with Crippen LogP contribution in [0.5, 0.6) is 0 Å². The number of furan rings is 1. The van der Waals surface area contributed by atoms with Crippen LogP contribution in [-0.2, 0) is 16.2 Å². The minimum absolute atomic E-state index is 0.0186. The Hall–Kier alpha value is -6.56. The lowest BCUT2D eigenvalue weighted by molar-refractivity contribution is 0.590. The zero-order chi connectivity index (χ0) is 43.3. The quantitative estimate of drug-likeness (QED) is 0.154. The highest BCUT2D eigenvalue weighted by Crippen LogP contribution is 2.59. The second-order valence-corrected chi connectivity index (χ2v) is 22.4. The van der Waals surface area contributed by atoms with Gasteiger partial charge in [-0.1, -0.05) is 140 Å². The van der Waals surface area contributed by atoms with E-state index in [0.29, 0.717) is 0 Å². The van der Waals surface area contributed by atoms with Gasteiger partial charge in [0.15, 0.2) is 0 Å². The summed E-state index contributed by atoms with van der Waals surface area (Å²) in [6.45, 7) is 18.8. The molecular weight excluding hydrogens is 796 g/mol. The molecule has 0 fully saturated rings. The highest BCUT2D eigenvalue weighted by Gasteiger charge is 2.50. The number of anilines is 2. The van der Waals surface area contributed by atoms with E-state index in [-0.39, 0.29) is 23.1 Å². The predicted molar refractivity (Wildman–Crippen MR) is 275 cm³/mol. The first-order chi connectivity index (χ1) is 30.8. The second kappa shape index (κ2) is 12.0. The van der Waals surface area contributed by atoms with E-state index in [1.54, 1.807) is 0 Å². The minimum atomic E-state index is -0.257. The van der Waals surface area contributed by atoms with Gasteiger partial charge in [-0.2, -0.15) is 0 Å². The van der Waals surface area contributed by atoms with Crippen LogP contribution in [0, 0.1) is 0 Å². The van der Waals surface area contributed by atoms with Gasteiger partial charge in [-0.25, -0.2) is 0 Å². The van der Waals surface area contributed by atoms with Crippen molar-refractivity contribution in [2.45, 2.75) is 71.6 Å². The lowest BCUT2D eigenvalue weighted by atomic mass is 9.43. The Morgan fingerprint density at radius 1 is 0.562 bits per heavy atom. The molecule has 14 rings (SSSR count). The smallest absolute Gasteiger partial charge is 0.333 e. The first-order valence-corrected chi connectivity index (χ1v) is 23.7. The zero-order valence-electron chi connectivity index (χ0n) is 37.6. The molecule has 0 radical (unpaired) electrons. The Morgan fingerprint density at radius 3 is 2.08 bits per heavy atom. The van der Waals surface area contributed by atoms with Crippen LogP contribution in [0.4, 0.5) is 11.4 Å². The molecule has 3 nitrogen and oxygen atoms in total. The van der Waals surface area contributed by atoms with Crippen LogP contribution in [0.25, 0.3) is 91.9 Å². The summed E-state index contributed by atoms with van der Waals surface area (Å²) in [4.78, 5) is 2.70. The van der Waals surface area contributed by atoms with Gasteiger partial charge in [0, 0.05) is 69.8 Å². The fourth-order valence-corrected chi connectivity index (χ4v) is 13.3. The zero-order valence-corrected chi connectivity index (χ0v) is 38.4. The van der Waals surface area contributed by atoms with E-state index in [4.69, 9.17) is 4.42 Å². The first-order valence-electron chi connectivity index (χ1n) is 22.9. The minimum Gasteiger partial charge on any atom is -0.456 e. The molecule has 8 aromatic carbocycles. The third-order valence-corrected chi connectivity index (χ3v) is 16.4. The molecule has 0 saturated heterocycles. The number of hydrogen-bond acceptors (Lipinski definition) is 3. The Morgan fingerprint density at radius 2 is 1.28 bits per heavy atom. The summed E-state index contributed by atoms with van der Waals surface area (Å²) >= 11 is 1.91. The van der Waals surface area contributed by atoms with E-state index < -0.39 is 0 Å². The van der Waals surface area contributed by atoms with Gasteiger partial charge in [0.25, 0.3) is 0 Å². The van der Waals surface area contributed by atoms with Crippen LogP contribution in [0.2, 0.25) is 0 Å². The van der Waals surface area contributed by atoms with Crippen LogP contribution < -0.4 is 15.7 Å². The standard InChI is InChI=1S/C59H47BN2OS/c1-57(2,3)32-21-24-34(25-22-32)62-45-29-38-35-15-10-13-19-47(35)63-48(38)30-41(45)52-51-37-17-9-12-18-42(37)59(7,8)54(51)53-40-27-33(58(4,5)6)23-26-44(40)61-46-31-50-39(36-16-11-14-20-49(36)64-50)28-43(46)60(62)55(52)56(53)61/h9-31H,1-8H3. The van der Waals surface area contributed by atoms with E-state index in [0.717, 1.165) is 21.9 Å². The Labute approximate surface area is 377 Å². The first kappa shape index (κ1) is 36.9. The third kappa shape index (κ3) is 4.58. The average Bonchev–Trinajstić information content (AvgIpc) is 4.00. The molecule has 3 aromatic heterocycles. The molecule has 0 bridgehead atoms. The molecule has 0 amide bonds. The predicted octanol–water partition coefficient (Wildman–Crippen LogP) is 15.2. The SMILES string of the molecule is CC(C)(C)c1ccc(N2B3c4cc5c(cc4-n4c6ccc(C(C)(C)C)cc6c6c7c(c(c3c64)-c3cc4oc6ccccc6c4cc32)-c2ccccc2C7(C)C)sc2ccccc25)cc1. The lowest BCUT2D eigenvalue weighted by Crippen LogP contribution is -2.60. The van der Waals surface area contributed by atoms with E-state index >= 15 is 0 Å². The molecule has 5 heterocycles. The molecule has 5 heteroatoms. The summed E-state index contributed by atoms with van der Waals surface area (Å²) < 4.78 is 12.1. The molecule has 308 valence electrons.